The van der Waals surface area contributed by atoms with Gasteiger partial charge < -0.3 is 0 Å². The van der Waals surface area contributed by atoms with E-state index in [-0.39, 0.29) is 5.82 Å². The van der Waals surface area contributed by atoms with Crippen LogP contribution in [0.1, 0.15) is 48.2 Å². The quantitative estimate of drug-likeness (QED) is 0.699. The molecule has 0 saturated heterocycles. The molecule has 1 saturated carbocycles. The third-order valence-electron chi connectivity index (χ3n) is 4.17. The first-order chi connectivity index (χ1) is 10.7. The summed E-state index contributed by atoms with van der Waals surface area (Å²) in [7, 11) is 0. The van der Waals surface area contributed by atoms with E-state index in [9.17, 15) is 4.39 Å². The van der Waals surface area contributed by atoms with Gasteiger partial charge in [0.2, 0.25) is 0 Å². The molecule has 1 heterocycles. The van der Waals surface area contributed by atoms with Crippen LogP contribution >= 0.6 is 0 Å². The minimum Gasteiger partial charge on any atom is -0.252 e. The van der Waals surface area contributed by atoms with E-state index in [2.05, 4.69) is 13.5 Å². The van der Waals surface area contributed by atoms with Gasteiger partial charge in [-0.15, -0.1) is 0 Å². The predicted molar refractivity (Wildman–Crippen MR) is 91.1 cm³/mol. The van der Waals surface area contributed by atoms with E-state index in [4.69, 9.17) is 4.98 Å². The first kappa shape index (κ1) is 14.7. The lowest BCUT2D eigenvalue weighted by Gasteiger charge is -2.17. The molecular formula is C20H20FN. The van der Waals surface area contributed by atoms with Gasteiger partial charge in [0.15, 0.2) is 0 Å². The number of hydrogen-bond donors (Lipinski definition) is 0. The van der Waals surface area contributed by atoms with E-state index in [0.717, 1.165) is 22.4 Å². The molecule has 3 rings (SSSR count). The van der Waals surface area contributed by atoms with Gasteiger partial charge in [0.05, 0.1) is 5.69 Å². The summed E-state index contributed by atoms with van der Waals surface area (Å²) < 4.78 is 13.3. The molecule has 1 fully saturated rings. The molecule has 2 aromatic rings. The molecule has 1 aromatic carbocycles. The molecule has 2 heteroatoms. The van der Waals surface area contributed by atoms with Crippen LogP contribution in [0.4, 0.5) is 4.39 Å². The second-order valence-corrected chi connectivity index (χ2v) is 5.78. The summed E-state index contributed by atoms with van der Waals surface area (Å²) in [6, 6.07) is 6.68. The molecule has 0 atom stereocenters. The summed E-state index contributed by atoms with van der Waals surface area (Å²) in [6.45, 7) is 8.07. The number of nitrogens with zero attached hydrogens (tertiary/aromatic N) is 1. The zero-order valence-electron chi connectivity index (χ0n) is 13.1. The van der Waals surface area contributed by atoms with E-state index in [1.54, 1.807) is 0 Å². The lowest BCUT2D eigenvalue weighted by molar-refractivity contribution is 0.628. The van der Waals surface area contributed by atoms with Crippen LogP contribution in [-0.4, -0.2) is 4.98 Å². The molecule has 0 spiro atoms. The van der Waals surface area contributed by atoms with Crippen LogP contribution in [0.25, 0.3) is 23.3 Å². The summed E-state index contributed by atoms with van der Waals surface area (Å²) in [5, 5.41) is 0. The van der Waals surface area contributed by atoms with E-state index in [1.807, 2.05) is 37.3 Å². The van der Waals surface area contributed by atoms with Gasteiger partial charge in [-0.1, -0.05) is 30.9 Å². The fourth-order valence-corrected chi connectivity index (χ4v) is 2.97. The first-order valence-corrected chi connectivity index (χ1v) is 7.71. The maximum atomic E-state index is 13.3. The van der Waals surface area contributed by atoms with Crippen molar-refractivity contribution in [2.75, 3.05) is 0 Å². The summed E-state index contributed by atoms with van der Waals surface area (Å²) in [5.41, 5.74) is 6.48. The Bertz CT molecular complexity index is 737. The number of aromatic nitrogens is 1. The predicted octanol–water partition coefficient (Wildman–Crippen LogP) is 5.75. The van der Waals surface area contributed by atoms with Gasteiger partial charge in [0.1, 0.15) is 5.82 Å². The zero-order valence-corrected chi connectivity index (χ0v) is 13.1. The second-order valence-electron chi connectivity index (χ2n) is 5.78. The highest BCUT2D eigenvalue weighted by Gasteiger charge is 2.29. The molecule has 1 aliphatic carbocycles. The molecule has 1 nitrogen and oxygen atoms in total. The van der Waals surface area contributed by atoms with Crippen LogP contribution in [0.15, 0.2) is 36.9 Å². The molecule has 22 heavy (non-hydrogen) atoms. The molecular weight excluding hydrogens is 273 g/mol. The molecule has 0 amide bonds. The summed E-state index contributed by atoms with van der Waals surface area (Å²) in [6.07, 6.45) is 8.29. The molecule has 1 aromatic heterocycles. The number of hydrogen-bond acceptors (Lipinski definition) is 1. The van der Waals surface area contributed by atoms with Crippen LogP contribution < -0.4 is 0 Å². The second kappa shape index (κ2) is 5.88. The lowest BCUT2D eigenvalue weighted by Crippen LogP contribution is -2.02. The van der Waals surface area contributed by atoms with Gasteiger partial charge in [0.25, 0.3) is 0 Å². The Morgan fingerprint density at radius 2 is 1.91 bits per heavy atom. The minimum absolute atomic E-state index is 0.216. The van der Waals surface area contributed by atoms with Gasteiger partial charge in [0, 0.05) is 17.2 Å². The number of pyridine rings is 1. The van der Waals surface area contributed by atoms with Crippen LogP contribution in [0.3, 0.4) is 0 Å². The molecule has 112 valence electrons. The van der Waals surface area contributed by atoms with Gasteiger partial charge in [-0.05, 0) is 61.6 Å². The van der Waals surface area contributed by atoms with Crippen molar-refractivity contribution < 1.29 is 4.39 Å². The van der Waals surface area contributed by atoms with Crippen LogP contribution in [-0.2, 0) is 0 Å². The Balaban J connectivity index is 2.29. The van der Waals surface area contributed by atoms with Crippen molar-refractivity contribution >= 4 is 12.2 Å². The topological polar surface area (TPSA) is 12.9 Å². The fourth-order valence-electron chi connectivity index (χ4n) is 2.97. The van der Waals surface area contributed by atoms with Crippen LogP contribution in [0, 0.1) is 12.7 Å². The summed E-state index contributed by atoms with van der Waals surface area (Å²) in [4.78, 5) is 4.87. The average molecular weight is 293 g/mol. The molecule has 1 aliphatic rings. The Hall–Kier alpha value is -2.22. The van der Waals surface area contributed by atoms with Crippen molar-refractivity contribution in [1.82, 2.24) is 4.98 Å². The lowest BCUT2D eigenvalue weighted by atomic mass is 9.91. The summed E-state index contributed by atoms with van der Waals surface area (Å²) >= 11 is 0. The number of rotatable bonds is 4. The van der Waals surface area contributed by atoms with Crippen LogP contribution in [0.5, 0.6) is 0 Å². The molecule has 0 N–H and O–H groups in total. The summed E-state index contributed by atoms with van der Waals surface area (Å²) in [5.74, 6) is 0.355. The maximum Gasteiger partial charge on any atom is 0.123 e. The van der Waals surface area contributed by atoms with Gasteiger partial charge >= 0.3 is 0 Å². The fraction of sp³-hybridized carbons (Fsp3) is 0.250. The highest BCUT2D eigenvalue weighted by atomic mass is 19.1. The molecule has 0 bridgehead atoms. The Morgan fingerprint density at radius 1 is 1.23 bits per heavy atom. The maximum absolute atomic E-state index is 13.3. The zero-order chi connectivity index (χ0) is 15.7. The van der Waals surface area contributed by atoms with Gasteiger partial charge in [-0.2, -0.15) is 0 Å². The van der Waals surface area contributed by atoms with Crippen molar-refractivity contribution in [2.45, 2.75) is 32.6 Å². The van der Waals surface area contributed by atoms with Crippen molar-refractivity contribution in [3.8, 4) is 11.1 Å². The van der Waals surface area contributed by atoms with E-state index >= 15 is 0 Å². The number of halogens is 1. The largest absolute Gasteiger partial charge is 0.252 e. The Morgan fingerprint density at radius 3 is 2.45 bits per heavy atom. The number of benzene rings is 1. The standard InChI is InChI=1S/C20H20FN/c1-4-6-18-17(5-2)19(14-9-11-16(21)12-10-14)13(3)20(22-18)15-7-8-15/h4-6,9-12,15H,2,7-8H2,1,3H3/b6-4-. The van der Waals surface area contributed by atoms with Crippen LogP contribution in [0.2, 0.25) is 0 Å². The highest BCUT2D eigenvalue weighted by Crippen LogP contribution is 2.44. The Labute approximate surface area is 131 Å². The monoisotopic (exact) mass is 293 g/mol. The van der Waals surface area contributed by atoms with Gasteiger partial charge in [-0.25, -0.2) is 4.39 Å². The van der Waals surface area contributed by atoms with Crippen molar-refractivity contribution in [2.24, 2.45) is 0 Å². The smallest absolute Gasteiger partial charge is 0.123 e. The molecule has 0 aliphatic heterocycles. The van der Waals surface area contributed by atoms with Gasteiger partial charge in [-0.3, -0.25) is 4.98 Å². The number of allylic oxidation sites excluding steroid dienone is 1. The SMILES string of the molecule is C=Cc1c(/C=C\C)nc(C2CC2)c(C)c1-c1ccc(F)cc1. The normalized spacial score (nSPS) is 14.5. The van der Waals surface area contributed by atoms with E-state index in [0.29, 0.717) is 5.92 Å². The van der Waals surface area contributed by atoms with Crippen molar-refractivity contribution in [1.29, 1.82) is 0 Å². The van der Waals surface area contributed by atoms with E-state index < -0.39 is 0 Å². The van der Waals surface area contributed by atoms with E-state index in [1.165, 1.54) is 36.2 Å². The Kier molecular flexibility index (Phi) is 3.93. The third kappa shape index (κ3) is 2.61. The molecule has 0 radical (unpaired) electrons. The third-order valence-corrected chi connectivity index (χ3v) is 4.17. The van der Waals surface area contributed by atoms with Crippen molar-refractivity contribution in [3.63, 3.8) is 0 Å². The molecule has 0 unspecified atom stereocenters. The average Bonchev–Trinajstić information content (AvgIpc) is 3.34. The van der Waals surface area contributed by atoms with Crippen molar-refractivity contribution in [3.05, 3.63) is 65.3 Å². The first-order valence-electron chi connectivity index (χ1n) is 7.71. The minimum atomic E-state index is -0.216. The highest BCUT2D eigenvalue weighted by molar-refractivity contribution is 5.82.